The first-order chi connectivity index (χ1) is 20.7. The summed E-state index contributed by atoms with van der Waals surface area (Å²) >= 11 is 6.36. The van der Waals surface area contributed by atoms with E-state index in [1.54, 1.807) is 0 Å². The predicted molar refractivity (Wildman–Crippen MR) is 181 cm³/mol. The highest BCUT2D eigenvalue weighted by atomic mass is 35.5. The maximum absolute atomic E-state index is 13.7. The molecule has 10 heteroatoms. The van der Waals surface area contributed by atoms with Crippen LogP contribution >= 0.6 is 24.0 Å². The molecule has 0 unspecified atom stereocenters. The van der Waals surface area contributed by atoms with Crippen LogP contribution in [0.15, 0.2) is 30.3 Å². The summed E-state index contributed by atoms with van der Waals surface area (Å²) in [4.78, 5) is 16.2. The number of carbonyl (C=O) groups is 1. The molecule has 0 bridgehead atoms. The van der Waals surface area contributed by atoms with Gasteiger partial charge in [0.05, 0.1) is 24.4 Å². The molecule has 1 fully saturated rings. The number of aromatic nitrogens is 3. The van der Waals surface area contributed by atoms with E-state index in [0.717, 1.165) is 100 Å². The van der Waals surface area contributed by atoms with Crippen LogP contribution in [0.25, 0.3) is 22.0 Å². The average Bonchev–Trinajstić information content (AvgIpc) is 3.45. The Morgan fingerprint density at radius 2 is 1.77 bits per heavy atom. The maximum atomic E-state index is 13.7. The normalized spacial score (nSPS) is 13.7. The van der Waals surface area contributed by atoms with Crippen molar-refractivity contribution in [3.63, 3.8) is 0 Å². The molecule has 0 amide bonds. The zero-order valence-electron chi connectivity index (χ0n) is 26.8. The molecule has 1 aliphatic rings. The monoisotopic (exact) mass is 641 g/mol. The summed E-state index contributed by atoms with van der Waals surface area (Å²) in [6.45, 7) is 16.4. The van der Waals surface area contributed by atoms with Gasteiger partial charge in [-0.2, -0.15) is 5.10 Å². The highest BCUT2D eigenvalue weighted by molar-refractivity contribution is 6.32. The average molecular weight is 643 g/mol. The number of fused-ring (bicyclic) bond motifs is 1. The van der Waals surface area contributed by atoms with E-state index in [2.05, 4.69) is 46.8 Å². The van der Waals surface area contributed by atoms with E-state index in [1.807, 2.05) is 44.6 Å². The molecular formula is C34H45Cl2N5O3. The van der Waals surface area contributed by atoms with Gasteiger partial charge in [-0.15, -0.1) is 12.4 Å². The van der Waals surface area contributed by atoms with E-state index >= 15 is 0 Å². The van der Waals surface area contributed by atoms with Crippen LogP contribution in [0.4, 0.5) is 0 Å². The van der Waals surface area contributed by atoms with Gasteiger partial charge in [0, 0.05) is 73.5 Å². The maximum Gasteiger partial charge on any atom is 0.355 e. The summed E-state index contributed by atoms with van der Waals surface area (Å²) in [5, 5.41) is 10.0. The molecule has 44 heavy (non-hydrogen) atoms. The topological polar surface area (TPSA) is 73.5 Å². The van der Waals surface area contributed by atoms with E-state index < -0.39 is 0 Å². The van der Waals surface area contributed by atoms with Crippen molar-refractivity contribution < 1.29 is 14.3 Å². The molecule has 0 atom stereocenters. The van der Waals surface area contributed by atoms with Gasteiger partial charge in [-0.25, -0.2) is 4.79 Å². The number of hydrogen-bond acceptors (Lipinski definition) is 6. The number of esters is 1. The van der Waals surface area contributed by atoms with Crippen molar-refractivity contribution in [1.82, 2.24) is 24.6 Å². The lowest BCUT2D eigenvalue weighted by Gasteiger charge is -2.27. The van der Waals surface area contributed by atoms with Gasteiger partial charge in [-0.05, 0) is 76.3 Å². The summed E-state index contributed by atoms with van der Waals surface area (Å²) in [7, 11) is 1.98. The lowest BCUT2D eigenvalue weighted by atomic mass is 9.98. The molecule has 0 radical (unpaired) electrons. The predicted octanol–water partition coefficient (Wildman–Crippen LogP) is 6.44. The smallest absolute Gasteiger partial charge is 0.355 e. The minimum atomic E-state index is -0.274. The number of nitrogens with one attached hydrogen (secondary N) is 1. The van der Waals surface area contributed by atoms with E-state index in [4.69, 9.17) is 26.2 Å². The highest BCUT2D eigenvalue weighted by Gasteiger charge is 2.27. The first-order valence-corrected chi connectivity index (χ1v) is 15.7. The first kappa shape index (κ1) is 33.8. The van der Waals surface area contributed by atoms with Crippen LogP contribution in [0.1, 0.15) is 51.9 Å². The number of aryl methyl sites for hydroxylation is 5. The molecular weight excluding hydrogens is 597 g/mol. The fraction of sp³-hybridized carbons (Fsp3) is 0.471. The van der Waals surface area contributed by atoms with E-state index in [0.29, 0.717) is 31.9 Å². The number of para-hydroxylation sites is 1. The van der Waals surface area contributed by atoms with Gasteiger partial charge >= 0.3 is 5.97 Å². The third-order valence-corrected chi connectivity index (χ3v) is 9.13. The molecule has 0 aliphatic carbocycles. The number of rotatable bonds is 11. The zero-order chi connectivity index (χ0) is 30.7. The van der Waals surface area contributed by atoms with Crippen molar-refractivity contribution in [3.8, 4) is 16.9 Å². The second-order valence-corrected chi connectivity index (χ2v) is 11.9. The molecule has 2 aromatic heterocycles. The largest absolute Gasteiger partial charge is 0.494 e. The minimum Gasteiger partial charge on any atom is -0.494 e. The van der Waals surface area contributed by atoms with Crippen molar-refractivity contribution in [3.05, 3.63) is 69.1 Å². The number of nitrogens with zero attached hydrogens (tertiary/aromatic N) is 4. The number of carbonyl (C=O) groups excluding carboxylic acids is 1. The first-order valence-electron chi connectivity index (χ1n) is 15.4. The van der Waals surface area contributed by atoms with Gasteiger partial charge < -0.3 is 19.4 Å². The summed E-state index contributed by atoms with van der Waals surface area (Å²) in [6, 6.07) is 10.4. The Hall–Kier alpha value is -3.04. The van der Waals surface area contributed by atoms with Gasteiger partial charge in [0.15, 0.2) is 0 Å². The van der Waals surface area contributed by atoms with Crippen molar-refractivity contribution >= 4 is 40.9 Å². The number of ether oxygens (including phenoxy) is 2. The van der Waals surface area contributed by atoms with Crippen molar-refractivity contribution in [2.24, 2.45) is 7.05 Å². The molecule has 1 N–H and O–H groups in total. The van der Waals surface area contributed by atoms with E-state index in [-0.39, 0.29) is 18.4 Å². The Morgan fingerprint density at radius 3 is 2.41 bits per heavy atom. The summed E-state index contributed by atoms with van der Waals surface area (Å²) < 4.78 is 16.0. The van der Waals surface area contributed by atoms with E-state index in [1.165, 1.54) is 0 Å². The Balaban J connectivity index is 0.00000442. The summed E-state index contributed by atoms with van der Waals surface area (Å²) in [6.07, 6.45) is 1.44. The molecule has 4 aromatic rings. The second-order valence-electron chi connectivity index (χ2n) is 11.5. The van der Waals surface area contributed by atoms with E-state index in [9.17, 15) is 4.79 Å². The molecule has 1 saturated heterocycles. The highest BCUT2D eigenvalue weighted by Crippen LogP contribution is 2.38. The summed E-state index contributed by atoms with van der Waals surface area (Å²) in [5.74, 6) is 0.540. The van der Waals surface area contributed by atoms with Crippen LogP contribution in [0.3, 0.4) is 0 Å². The fourth-order valence-corrected chi connectivity index (χ4v) is 6.47. The molecule has 1 aliphatic heterocycles. The molecule has 2 aromatic carbocycles. The molecule has 238 valence electrons. The van der Waals surface area contributed by atoms with Crippen LogP contribution in [0.5, 0.6) is 5.75 Å². The second kappa shape index (κ2) is 14.8. The standard InChI is InChI=1S/C34H44ClN5O3.ClH/c1-7-42-34(41)33-28(12-9-19-43-26-20-22(2)31(35)23(3)21-26)27-10-8-11-29(30-24(4)37-38(6)25(30)5)32(27)40(33)18-17-39-15-13-36-14-16-39;/h8,10-11,20-21,36H,7,9,12-19H2,1-6H3;1H. The van der Waals surface area contributed by atoms with Crippen LogP contribution in [-0.2, 0) is 24.8 Å². The van der Waals surface area contributed by atoms with Crippen LogP contribution < -0.4 is 10.1 Å². The van der Waals surface area contributed by atoms with Gasteiger partial charge in [0.25, 0.3) is 0 Å². The number of halogens is 2. The molecule has 0 spiro atoms. The quantitative estimate of drug-likeness (QED) is 0.150. The van der Waals surface area contributed by atoms with Crippen molar-refractivity contribution in [2.75, 3.05) is 45.9 Å². The fourth-order valence-electron chi connectivity index (χ4n) is 6.36. The van der Waals surface area contributed by atoms with Crippen LogP contribution in [-0.4, -0.2) is 71.2 Å². The lowest BCUT2D eigenvalue weighted by Crippen LogP contribution is -2.44. The Bertz CT molecular complexity index is 1600. The Morgan fingerprint density at radius 1 is 1.07 bits per heavy atom. The van der Waals surface area contributed by atoms with Crippen molar-refractivity contribution in [2.45, 2.75) is 54.0 Å². The zero-order valence-corrected chi connectivity index (χ0v) is 28.3. The molecule has 3 heterocycles. The molecule has 5 rings (SSSR count). The van der Waals surface area contributed by atoms with Crippen molar-refractivity contribution in [1.29, 1.82) is 0 Å². The summed E-state index contributed by atoms with van der Waals surface area (Å²) in [5.41, 5.74) is 9.03. The number of benzene rings is 2. The number of hydrogen-bond donors (Lipinski definition) is 1. The molecule has 8 nitrogen and oxygen atoms in total. The third kappa shape index (κ3) is 6.94. The minimum absolute atomic E-state index is 0. The molecule has 0 saturated carbocycles. The van der Waals surface area contributed by atoms with Gasteiger partial charge in [0.2, 0.25) is 0 Å². The van der Waals surface area contributed by atoms with Gasteiger partial charge in [0.1, 0.15) is 11.4 Å². The van der Waals surface area contributed by atoms with Crippen LogP contribution in [0, 0.1) is 27.7 Å². The van der Waals surface area contributed by atoms with Crippen LogP contribution in [0.2, 0.25) is 5.02 Å². The SMILES string of the molecule is CCOC(=O)c1c(CCCOc2cc(C)c(Cl)c(C)c2)c2cccc(-c3c(C)nn(C)c3C)c2n1CCN1CCNCC1.Cl. The third-order valence-electron chi connectivity index (χ3n) is 8.53. The van der Waals surface area contributed by atoms with Gasteiger partial charge in [-0.3, -0.25) is 9.58 Å². The lowest BCUT2D eigenvalue weighted by molar-refractivity contribution is 0.0512. The Labute approximate surface area is 272 Å². The Kier molecular flexibility index (Phi) is 11.4. The van der Waals surface area contributed by atoms with Gasteiger partial charge in [-0.1, -0.05) is 29.8 Å². The number of piperazine rings is 1.